The second-order valence-electron chi connectivity index (χ2n) is 2.23. The minimum atomic E-state index is -0.414. The van der Waals surface area contributed by atoms with Crippen molar-refractivity contribution in [1.82, 2.24) is 4.98 Å². The summed E-state index contributed by atoms with van der Waals surface area (Å²) in [7, 11) is 0. The number of esters is 1. The van der Waals surface area contributed by atoms with Crippen LogP contribution in [0.4, 0.5) is 0 Å². The summed E-state index contributed by atoms with van der Waals surface area (Å²) in [4.78, 5) is 15.0. The van der Waals surface area contributed by atoms with Gasteiger partial charge >= 0.3 is 5.97 Å². The maximum atomic E-state index is 11.1. The standard InChI is InChI=1S/C9H10NO2/c1-3-12-9(11)8-7(2)5-4-6-10-8/h4-6H,2-3H2,1H3. The van der Waals surface area contributed by atoms with Gasteiger partial charge in [0.05, 0.1) is 6.61 Å². The summed E-state index contributed by atoms with van der Waals surface area (Å²) in [5, 5.41) is 0. The molecule has 0 atom stereocenters. The first-order chi connectivity index (χ1) is 5.75. The van der Waals surface area contributed by atoms with E-state index in [1.807, 2.05) is 0 Å². The number of hydrogen-bond acceptors (Lipinski definition) is 3. The zero-order chi connectivity index (χ0) is 8.97. The molecule has 0 spiro atoms. The second-order valence-corrected chi connectivity index (χ2v) is 2.23. The lowest BCUT2D eigenvalue weighted by Gasteiger charge is -2.02. The smallest absolute Gasteiger partial charge is 0.357 e. The van der Waals surface area contributed by atoms with E-state index < -0.39 is 5.97 Å². The summed E-state index contributed by atoms with van der Waals surface area (Å²) in [6.45, 7) is 5.77. The van der Waals surface area contributed by atoms with Crippen molar-refractivity contribution in [3.63, 3.8) is 0 Å². The molecule has 0 aliphatic rings. The van der Waals surface area contributed by atoms with Gasteiger partial charge in [-0.2, -0.15) is 0 Å². The number of carbonyl (C=O) groups excluding carboxylic acids is 1. The van der Waals surface area contributed by atoms with Crippen molar-refractivity contribution in [2.45, 2.75) is 6.92 Å². The Morgan fingerprint density at radius 1 is 1.75 bits per heavy atom. The summed E-state index contributed by atoms with van der Waals surface area (Å²) < 4.78 is 4.77. The molecule has 0 unspecified atom stereocenters. The van der Waals surface area contributed by atoms with E-state index in [0.29, 0.717) is 17.9 Å². The topological polar surface area (TPSA) is 39.2 Å². The first kappa shape index (κ1) is 8.71. The molecule has 3 nitrogen and oxygen atoms in total. The monoisotopic (exact) mass is 164 g/mol. The molecular formula is C9H10NO2. The Balaban J connectivity index is 2.87. The first-order valence-corrected chi connectivity index (χ1v) is 3.69. The highest BCUT2D eigenvalue weighted by Gasteiger charge is 2.09. The van der Waals surface area contributed by atoms with Gasteiger partial charge < -0.3 is 4.74 Å². The highest BCUT2D eigenvalue weighted by Crippen LogP contribution is 2.04. The lowest BCUT2D eigenvalue weighted by atomic mass is 10.2. The molecule has 1 aromatic rings. The third kappa shape index (κ3) is 1.81. The molecule has 0 saturated heterocycles. The lowest BCUT2D eigenvalue weighted by molar-refractivity contribution is 0.0519. The molecule has 0 amide bonds. The van der Waals surface area contributed by atoms with E-state index in [4.69, 9.17) is 4.74 Å². The molecular weight excluding hydrogens is 154 g/mol. The number of aromatic nitrogens is 1. The molecule has 0 aliphatic heterocycles. The van der Waals surface area contributed by atoms with Crippen molar-refractivity contribution < 1.29 is 9.53 Å². The number of pyridine rings is 1. The molecule has 0 aromatic carbocycles. The minimum Gasteiger partial charge on any atom is -0.461 e. The third-order valence-electron chi connectivity index (χ3n) is 1.36. The SMILES string of the molecule is [CH2]c1cccnc1C(=O)OCC. The number of nitrogens with zero attached hydrogens (tertiary/aromatic N) is 1. The van der Waals surface area contributed by atoms with Crippen LogP contribution in [0.1, 0.15) is 23.0 Å². The summed E-state index contributed by atoms with van der Waals surface area (Å²) in [6.07, 6.45) is 1.54. The highest BCUT2D eigenvalue weighted by molar-refractivity contribution is 5.89. The van der Waals surface area contributed by atoms with Crippen LogP contribution in [0.3, 0.4) is 0 Å². The van der Waals surface area contributed by atoms with Crippen LogP contribution < -0.4 is 0 Å². The molecule has 1 heterocycles. The summed E-state index contributed by atoms with van der Waals surface area (Å²) in [6, 6.07) is 3.45. The van der Waals surface area contributed by atoms with E-state index in [2.05, 4.69) is 11.9 Å². The van der Waals surface area contributed by atoms with Crippen LogP contribution in [0.25, 0.3) is 0 Å². The number of hydrogen-bond donors (Lipinski definition) is 0. The predicted molar refractivity (Wildman–Crippen MR) is 44.7 cm³/mol. The Labute approximate surface area is 71.4 Å². The van der Waals surface area contributed by atoms with Crippen molar-refractivity contribution in [1.29, 1.82) is 0 Å². The molecule has 12 heavy (non-hydrogen) atoms. The fourth-order valence-electron chi connectivity index (χ4n) is 0.822. The summed E-state index contributed by atoms with van der Waals surface area (Å²) in [5.41, 5.74) is 0.885. The van der Waals surface area contributed by atoms with Gasteiger partial charge in [-0.15, -0.1) is 0 Å². The Morgan fingerprint density at radius 3 is 3.08 bits per heavy atom. The van der Waals surface area contributed by atoms with Gasteiger partial charge in [0.25, 0.3) is 0 Å². The molecule has 0 saturated carbocycles. The fourth-order valence-corrected chi connectivity index (χ4v) is 0.822. The fraction of sp³-hybridized carbons (Fsp3) is 0.222. The van der Waals surface area contributed by atoms with Gasteiger partial charge in [0.1, 0.15) is 0 Å². The molecule has 1 aromatic heterocycles. The molecule has 0 fully saturated rings. The quantitative estimate of drug-likeness (QED) is 0.621. The molecule has 0 bridgehead atoms. The molecule has 0 aliphatic carbocycles. The Hall–Kier alpha value is -1.38. The minimum absolute atomic E-state index is 0.291. The Kier molecular flexibility index (Phi) is 2.80. The van der Waals surface area contributed by atoms with Crippen LogP contribution >= 0.6 is 0 Å². The van der Waals surface area contributed by atoms with Gasteiger partial charge in [0.2, 0.25) is 0 Å². The van der Waals surface area contributed by atoms with E-state index >= 15 is 0 Å². The van der Waals surface area contributed by atoms with Crippen molar-refractivity contribution >= 4 is 5.97 Å². The van der Waals surface area contributed by atoms with Gasteiger partial charge in [-0.25, -0.2) is 9.78 Å². The molecule has 3 heteroatoms. The maximum absolute atomic E-state index is 11.1. The van der Waals surface area contributed by atoms with Crippen LogP contribution in [-0.2, 0) is 4.74 Å². The maximum Gasteiger partial charge on any atom is 0.357 e. The van der Waals surface area contributed by atoms with Crippen molar-refractivity contribution in [3.05, 3.63) is 36.5 Å². The van der Waals surface area contributed by atoms with Crippen LogP contribution in [0, 0.1) is 6.92 Å². The van der Waals surface area contributed by atoms with E-state index in [1.165, 1.54) is 0 Å². The highest BCUT2D eigenvalue weighted by atomic mass is 16.5. The number of ether oxygens (including phenoxy) is 1. The van der Waals surface area contributed by atoms with Gasteiger partial charge in [-0.1, -0.05) is 6.07 Å². The van der Waals surface area contributed by atoms with E-state index in [1.54, 1.807) is 25.3 Å². The average molecular weight is 164 g/mol. The van der Waals surface area contributed by atoms with Gasteiger partial charge in [-0.3, -0.25) is 0 Å². The third-order valence-corrected chi connectivity index (χ3v) is 1.36. The average Bonchev–Trinajstić information content (AvgIpc) is 2.05. The first-order valence-electron chi connectivity index (χ1n) is 3.69. The van der Waals surface area contributed by atoms with Crippen LogP contribution in [0.2, 0.25) is 0 Å². The van der Waals surface area contributed by atoms with E-state index in [0.717, 1.165) is 0 Å². The van der Waals surface area contributed by atoms with Crippen LogP contribution in [-0.4, -0.2) is 17.6 Å². The lowest BCUT2D eigenvalue weighted by Crippen LogP contribution is -2.08. The van der Waals surface area contributed by atoms with Gasteiger partial charge in [0.15, 0.2) is 5.69 Å². The molecule has 0 N–H and O–H groups in total. The van der Waals surface area contributed by atoms with Crippen molar-refractivity contribution in [2.24, 2.45) is 0 Å². The van der Waals surface area contributed by atoms with Crippen molar-refractivity contribution in [2.75, 3.05) is 6.61 Å². The second kappa shape index (κ2) is 3.85. The molecule has 1 rings (SSSR count). The number of carbonyl (C=O) groups is 1. The molecule has 1 radical (unpaired) electrons. The summed E-state index contributed by atoms with van der Waals surface area (Å²) >= 11 is 0. The zero-order valence-corrected chi connectivity index (χ0v) is 6.91. The molecule has 63 valence electrons. The largest absolute Gasteiger partial charge is 0.461 e. The van der Waals surface area contributed by atoms with Gasteiger partial charge in [0, 0.05) is 6.20 Å². The van der Waals surface area contributed by atoms with Gasteiger partial charge in [-0.05, 0) is 25.5 Å². The van der Waals surface area contributed by atoms with Crippen LogP contribution in [0.15, 0.2) is 18.3 Å². The Bertz CT molecular complexity index is 284. The summed E-state index contributed by atoms with van der Waals surface area (Å²) in [5.74, 6) is -0.414. The van der Waals surface area contributed by atoms with E-state index in [9.17, 15) is 4.79 Å². The van der Waals surface area contributed by atoms with Crippen LogP contribution in [0.5, 0.6) is 0 Å². The van der Waals surface area contributed by atoms with E-state index in [-0.39, 0.29) is 0 Å². The van der Waals surface area contributed by atoms with Crippen molar-refractivity contribution in [3.8, 4) is 0 Å². The predicted octanol–water partition coefficient (Wildman–Crippen LogP) is 1.44. The Morgan fingerprint density at radius 2 is 2.50 bits per heavy atom. The zero-order valence-electron chi connectivity index (χ0n) is 6.91. The normalized spacial score (nSPS) is 9.50. The number of rotatable bonds is 2.